The van der Waals surface area contributed by atoms with Gasteiger partial charge in [0.05, 0.1) is 37.6 Å². The van der Waals surface area contributed by atoms with Crippen molar-refractivity contribution in [3.05, 3.63) is 36.0 Å². The molecule has 1 aromatic carbocycles. The molecule has 244 valence electrons. The summed E-state index contributed by atoms with van der Waals surface area (Å²) in [5.41, 5.74) is 2.98. The van der Waals surface area contributed by atoms with E-state index in [1.54, 1.807) is 6.07 Å². The lowest BCUT2D eigenvalue weighted by molar-refractivity contribution is -0.192. The molecule has 0 spiro atoms. The summed E-state index contributed by atoms with van der Waals surface area (Å²) < 4.78 is 55.2. The van der Waals surface area contributed by atoms with Crippen molar-refractivity contribution < 1.29 is 46.8 Å². The summed E-state index contributed by atoms with van der Waals surface area (Å²) in [5.74, 6) is -1.19. The van der Waals surface area contributed by atoms with E-state index in [2.05, 4.69) is 27.4 Å². The second-order valence-electron chi connectivity index (χ2n) is 10.4. The van der Waals surface area contributed by atoms with Crippen LogP contribution in [-0.2, 0) is 14.3 Å². The van der Waals surface area contributed by atoms with Gasteiger partial charge in [-0.25, -0.2) is 9.78 Å². The van der Waals surface area contributed by atoms with Crippen LogP contribution in [0.15, 0.2) is 30.5 Å². The Hall–Kier alpha value is -4.28. The molecule has 4 N–H and O–H groups in total. The number of fused-ring (bicyclic) bond motifs is 2. The third-order valence-corrected chi connectivity index (χ3v) is 7.31. The van der Waals surface area contributed by atoms with E-state index >= 15 is 0 Å². The molecule has 16 heteroatoms. The number of nitrogens with zero attached hydrogens (tertiary/aromatic N) is 3. The number of morpholine rings is 2. The van der Waals surface area contributed by atoms with Crippen LogP contribution in [0.1, 0.15) is 23.7 Å². The second-order valence-corrected chi connectivity index (χ2v) is 10.4. The molecular weight excluding hydrogens is 601 g/mol. The first-order valence-electron chi connectivity index (χ1n) is 14.6. The molecule has 6 rings (SSSR count). The number of benzene rings is 1. The van der Waals surface area contributed by atoms with Gasteiger partial charge in [0.25, 0.3) is 5.91 Å². The van der Waals surface area contributed by atoms with Gasteiger partial charge < -0.3 is 44.6 Å². The third-order valence-electron chi connectivity index (χ3n) is 7.31. The molecule has 2 fully saturated rings. The number of pyridine rings is 1. The van der Waals surface area contributed by atoms with Crippen LogP contribution in [0.2, 0.25) is 0 Å². The number of amides is 1. The molecule has 0 aliphatic carbocycles. The number of anilines is 3. The molecule has 2 aromatic heterocycles. The lowest BCUT2D eigenvalue weighted by Crippen LogP contribution is -2.55. The van der Waals surface area contributed by atoms with E-state index in [9.17, 15) is 18.0 Å². The zero-order valence-electron chi connectivity index (χ0n) is 24.6. The number of H-pyrrole nitrogens is 1. The first-order valence-corrected chi connectivity index (χ1v) is 14.6. The summed E-state index contributed by atoms with van der Waals surface area (Å²) in [6.07, 6.45) is -2.32. The maximum Gasteiger partial charge on any atom is 0.490 e. The predicted octanol–water partition coefficient (Wildman–Crippen LogP) is 3.66. The van der Waals surface area contributed by atoms with Crippen LogP contribution >= 0.6 is 0 Å². The maximum absolute atomic E-state index is 13.7. The fourth-order valence-corrected chi connectivity index (χ4v) is 5.12. The number of nitrogens with one attached hydrogen (secondary N) is 3. The van der Waals surface area contributed by atoms with Gasteiger partial charge >= 0.3 is 12.1 Å². The fraction of sp³-hybridized carbons (Fsp3) is 0.483. The number of hydrogen-bond donors (Lipinski definition) is 4. The van der Waals surface area contributed by atoms with Crippen molar-refractivity contribution in [2.75, 3.05) is 76.4 Å². The number of carbonyl (C=O) groups is 2. The van der Waals surface area contributed by atoms with Gasteiger partial charge in [-0.3, -0.25) is 9.69 Å². The lowest BCUT2D eigenvalue weighted by atomic mass is 10.1. The SMILES string of the molecule is CCCNc1cc(Nc2ccc(C(=O)N3CCOC(N4CCOCC4)C3)c3c2OCCO3)nc2[nH]ccc12.O=C(O)C(F)(F)F. The van der Waals surface area contributed by atoms with Gasteiger partial charge in [0.2, 0.25) is 0 Å². The van der Waals surface area contributed by atoms with Crippen LogP contribution in [0, 0.1) is 0 Å². The van der Waals surface area contributed by atoms with Crippen molar-refractivity contribution in [2.24, 2.45) is 0 Å². The van der Waals surface area contributed by atoms with Crippen molar-refractivity contribution in [1.29, 1.82) is 0 Å². The molecule has 0 saturated carbocycles. The molecule has 3 aromatic rings. The van der Waals surface area contributed by atoms with E-state index < -0.39 is 12.1 Å². The quantitative estimate of drug-likeness (QED) is 0.301. The number of aliphatic carboxylic acids is 1. The van der Waals surface area contributed by atoms with Crippen molar-refractivity contribution in [2.45, 2.75) is 25.7 Å². The molecule has 45 heavy (non-hydrogen) atoms. The number of carboxylic acids is 1. The minimum atomic E-state index is -5.08. The van der Waals surface area contributed by atoms with Crippen LogP contribution < -0.4 is 20.1 Å². The standard InChI is InChI=1S/C27H34N6O5.C2HF3O2/c1-2-6-28-21-16-22(31-26-18(21)5-7-29-26)30-20-4-3-19(24-25(20)38-15-14-37-24)27(34)33-10-13-36-23(17-33)32-8-11-35-12-9-32;3-2(4,5)1(6)7/h3-5,7,16,23H,2,6,8-15,17H2,1H3,(H3,28,29,30,31);(H,6,7). The number of ether oxygens (including phenoxy) is 4. The van der Waals surface area contributed by atoms with Crippen LogP contribution in [0.5, 0.6) is 11.5 Å². The first-order chi connectivity index (χ1) is 21.7. The summed E-state index contributed by atoms with van der Waals surface area (Å²) >= 11 is 0. The van der Waals surface area contributed by atoms with E-state index in [1.165, 1.54) is 0 Å². The predicted molar refractivity (Wildman–Crippen MR) is 157 cm³/mol. The molecule has 0 bridgehead atoms. The lowest BCUT2D eigenvalue weighted by Gasteiger charge is -2.40. The van der Waals surface area contributed by atoms with Crippen LogP contribution in [0.4, 0.5) is 30.4 Å². The second kappa shape index (κ2) is 14.2. The van der Waals surface area contributed by atoms with Gasteiger partial charge in [0.15, 0.2) is 11.5 Å². The minimum Gasteiger partial charge on any atom is -0.485 e. The van der Waals surface area contributed by atoms with Gasteiger partial charge in [0.1, 0.15) is 30.9 Å². The number of rotatable bonds is 7. The summed E-state index contributed by atoms with van der Waals surface area (Å²) in [4.78, 5) is 34.6. The van der Waals surface area contributed by atoms with Gasteiger partial charge in [0, 0.05) is 49.5 Å². The van der Waals surface area contributed by atoms with Gasteiger partial charge in [-0.05, 0) is 24.6 Å². The Bertz CT molecular complexity index is 1500. The Morgan fingerprint density at radius 1 is 1.04 bits per heavy atom. The van der Waals surface area contributed by atoms with E-state index in [1.807, 2.05) is 29.3 Å². The van der Waals surface area contributed by atoms with Crippen molar-refractivity contribution >= 4 is 40.1 Å². The number of halogens is 3. The molecular formula is C29H35F3N6O7. The summed E-state index contributed by atoms with van der Waals surface area (Å²) in [7, 11) is 0. The monoisotopic (exact) mass is 636 g/mol. The smallest absolute Gasteiger partial charge is 0.485 e. The molecule has 1 atom stereocenters. The molecule has 1 amide bonds. The highest BCUT2D eigenvalue weighted by atomic mass is 19.4. The number of alkyl halides is 3. The number of carbonyl (C=O) groups excluding carboxylic acids is 1. The number of hydrogen-bond acceptors (Lipinski definition) is 10. The molecule has 3 aliphatic heterocycles. The molecule has 5 heterocycles. The van der Waals surface area contributed by atoms with E-state index in [-0.39, 0.29) is 12.1 Å². The number of aromatic nitrogens is 2. The fourth-order valence-electron chi connectivity index (χ4n) is 5.12. The number of carboxylic acid groups (broad SMARTS) is 1. The first kappa shape index (κ1) is 32.1. The molecule has 3 aliphatic rings. The summed E-state index contributed by atoms with van der Waals surface area (Å²) in [5, 5.41) is 15.0. The average Bonchev–Trinajstić information content (AvgIpc) is 3.53. The Morgan fingerprint density at radius 2 is 1.78 bits per heavy atom. The summed E-state index contributed by atoms with van der Waals surface area (Å²) in [6, 6.07) is 7.67. The van der Waals surface area contributed by atoms with Crippen LogP contribution in [0.3, 0.4) is 0 Å². The largest absolute Gasteiger partial charge is 0.490 e. The van der Waals surface area contributed by atoms with Gasteiger partial charge in [-0.1, -0.05) is 6.92 Å². The van der Waals surface area contributed by atoms with Crippen LogP contribution in [-0.4, -0.2) is 115 Å². The Kier molecular flexibility index (Phi) is 10.1. The highest BCUT2D eigenvalue weighted by molar-refractivity contribution is 5.99. The third kappa shape index (κ3) is 7.69. The Morgan fingerprint density at radius 3 is 2.49 bits per heavy atom. The molecule has 13 nitrogen and oxygen atoms in total. The summed E-state index contributed by atoms with van der Waals surface area (Å²) in [6.45, 7) is 8.28. The van der Waals surface area contributed by atoms with Gasteiger partial charge in [-0.2, -0.15) is 13.2 Å². The van der Waals surface area contributed by atoms with E-state index in [0.717, 1.165) is 42.8 Å². The highest BCUT2D eigenvalue weighted by Gasteiger charge is 2.38. The molecule has 2 saturated heterocycles. The number of aromatic amines is 1. The van der Waals surface area contributed by atoms with Crippen LogP contribution in [0.25, 0.3) is 11.0 Å². The van der Waals surface area contributed by atoms with Gasteiger partial charge in [-0.15, -0.1) is 0 Å². The topological polar surface area (TPSA) is 151 Å². The maximum atomic E-state index is 13.7. The highest BCUT2D eigenvalue weighted by Crippen LogP contribution is 2.42. The Labute approximate surface area is 256 Å². The average molecular weight is 637 g/mol. The Balaban J connectivity index is 0.000000515. The molecule has 1 unspecified atom stereocenters. The van der Waals surface area contributed by atoms with Crippen molar-refractivity contribution in [1.82, 2.24) is 19.8 Å². The minimum absolute atomic E-state index is 0.0863. The van der Waals surface area contributed by atoms with E-state index in [4.69, 9.17) is 33.8 Å². The zero-order chi connectivity index (χ0) is 32.0. The van der Waals surface area contributed by atoms with Crippen molar-refractivity contribution in [3.8, 4) is 11.5 Å². The normalized spacial score (nSPS) is 18.6. The van der Waals surface area contributed by atoms with Crippen molar-refractivity contribution in [3.63, 3.8) is 0 Å². The van der Waals surface area contributed by atoms with E-state index in [0.29, 0.717) is 74.7 Å². The molecule has 0 radical (unpaired) electrons. The zero-order valence-corrected chi connectivity index (χ0v) is 24.6.